The molecule has 2 aromatic carbocycles. The second-order valence-corrected chi connectivity index (χ2v) is 4.89. The molecule has 0 saturated carbocycles. The molecule has 2 aromatic rings. The van der Waals surface area contributed by atoms with Crippen LogP contribution < -0.4 is 10.2 Å². The highest BCUT2D eigenvalue weighted by Gasteiger charge is 2.03. The maximum Gasteiger partial charge on any atom is 0.234 e. The van der Waals surface area contributed by atoms with Crippen LogP contribution in [0, 0.1) is 6.92 Å². The molecule has 0 aliphatic heterocycles. The first-order chi connectivity index (χ1) is 8.66. The lowest BCUT2D eigenvalue weighted by Crippen LogP contribution is -2.06. The van der Waals surface area contributed by atoms with Gasteiger partial charge in [-0.1, -0.05) is 36.4 Å². The van der Waals surface area contributed by atoms with Gasteiger partial charge >= 0.3 is 0 Å². The van der Waals surface area contributed by atoms with Crippen molar-refractivity contribution < 1.29 is 4.74 Å². The lowest BCUT2D eigenvalue weighted by molar-refractivity contribution is 0.303. The van der Waals surface area contributed by atoms with Gasteiger partial charge in [-0.15, -0.1) is 0 Å². The molecular weight excluding hydrogens is 292 g/mol. The Morgan fingerprint density at radius 1 is 1.11 bits per heavy atom. The van der Waals surface area contributed by atoms with Gasteiger partial charge in [-0.25, -0.2) is 0 Å². The minimum atomic E-state index is -0.126. The summed E-state index contributed by atoms with van der Waals surface area (Å²) in [4.78, 5) is 12.0. The third-order valence-corrected chi connectivity index (χ3v) is 3.12. The van der Waals surface area contributed by atoms with Crippen LogP contribution in [0.2, 0.25) is 0 Å². The SMILES string of the molecule is Cc1ccc(OCc2ccccc2)c(=O)c(Br)c1. The number of aryl methyl sites for hydroxylation is 1. The third kappa shape index (κ3) is 3.20. The van der Waals surface area contributed by atoms with Crippen LogP contribution in [-0.2, 0) is 6.61 Å². The molecule has 0 aliphatic carbocycles. The minimum Gasteiger partial charge on any atom is -0.485 e. The highest BCUT2D eigenvalue weighted by molar-refractivity contribution is 9.10. The van der Waals surface area contributed by atoms with Gasteiger partial charge in [0.05, 0.1) is 4.47 Å². The maximum absolute atomic E-state index is 12.0. The highest BCUT2D eigenvalue weighted by Crippen LogP contribution is 2.13. The molecule has 0 unspecified atom stereocenters. The van der Waals surface area contributed by atoms with Crippen molar-refractivity contribution in [2.24, 2.45) is 0 Å². The molecule has 92 valence electrons. The average molecular weight is 305 g/mol. The van der Waals surface area contributed by atoms with E-state index in [1.54, 1.807) is 12.1 Å². The summed E-state index contributed by atoms with van der Waals surface area (Å²) in [6.07, 6.45) is 0. The van der Waals surface area contributed by atoms with E-state index in [0.717, 1.165) is 11.1 Å². The normalized spacial score (nSPS) is 10.1. The number of hydrogen-bond acceptors (Lipinski definition) is 2. The molecule has 0 heterocycles. The van der Waals surface area contributed by atoms with Gasteiger partial charge in [-0.3, -0.25) is 4.79 Å². The van der Waals surface area contributed by atoms with Gasteiger partial charge in [-0.2, -0.15) is 0 Å². The molecule has 0 fully saturated rings. The molecular formula is C15H13BrO2. The molecule has 0 atom stereocenters. The first-order valence-corrected chi connectivity index (χ1v) is 6.43. The standard InChI is InChI=1S/C15H13BrO2/c1-11-7-8-14(15(17)13(16)9-11)18-10-12-5-3-2-4-6-12/h2-9H,10H2,1H3. The number of hydrogen-bond donors (Lipinski definition) is 0. The number of ether oxygens (including phenoxy) is 1. The Morgan fingerprint density at radius 3 is 2.56 bits per heavy atom. The Hall–Kier alpha value is -1.61. The molecule has 0 bridgehead atoms. The largest absolute Gasteiger partial charge is 0.485 e. The molecule has 0 radical (unpaired) electrons. The zero-order valence-corrected chi connectivity index (χ0v) is 11.6. The van der Waals surface area contributed by atoms with Crippen molar-refractivity contribution in [3.63, 3.8) is 0 Å². The molecule has 0 aromatic heterocycles. The zero-order chi connectivity index (χ0) is 13.0. The summed E-state index contributed by atoms with van der Waals surface area (Å²) >= 11 is 3.26. The van der Waals surface area contributed by atoms with Crippen LogP contribution in [0.4, 0.5) is 0 Å². The molecule has 2 nitrogen and oxygen atoms in total. The average Bonchev–Trinajstić information content (AvgIpc) is 2.50. The number of halogens is 1. The summed E-state index contributed by atoms with van der Waals surface area (Å²) < 4.78 is 6.10. The van der Waals surface area contributed by atoms with Gasteiger partial charge in [0, 0.05) is 0 Å². The van der Waals surface area contributed by atoms with E-state index in [4.69, 9.17) is 4.74 Å². The fourth-order valence-corrected chi connectivity index (χ4v) is 2.12. The fraction of sp³-hybridized carbons (Fsp3) is 0.133. The Kier molecular flexibility index (Phi) is 4.15. The fourth-order valence-electron chi connectivity index (χ4n) is 1.56. The Bertz CT molecular complexity index is 594. The number of benzene rings is 1. The molecule has 0 N–H and O–H groups in total. The smallest absolute Gasteiger partial charge is 0.234 e. The van der Waals surface area contributed by atoms with Crippen molar-refractivity contribution in [3.8, 4) is 5.75 Å². The van der Waals surface area contributed by atoms with E-state index in [1.807, 2.05) is 43.3 Å². The Labute approximate surface area is 114 Å². The van der Waals surface area contributed by atoms with Crippen LogP contribution in [0.5, 0.6) is 5.75 Å². The van der Waals surface area contributed by atoms with Crippen molar-refractivity contribution in [1.82, 2.24) is 0 Å². The van der Waals surface area contributed by atoms with Crippen LogP contribution in [0.15, 0.2) is 57.8 Å². The summed E-state index contributed by atoms with van der Waals surface area (Å²) in [6, 6.07) is 15.1. The summed E-state index contributed by atoms with van der Waals surface area (Å²) in [5.41, 5.74) is 1.92. The van der Waals surface area contributed by atoms with Crippen molar-refractivity contribution in [3.05, 3.63) is 74.4 Å². The topological polar surface area (TPSA) is 26.3 Å². The van der Waals surface area contributed by atoms with E-state index >= 15 is 0 Å². The highest BCUT2D eigenvalue weighted by atomic mass is 79.9. The molecule has 0 aliphatic rings. The van der Waals surface area contributed by atoms with E-state index in [2.05, 4.69) is 15.9 Å². The van der Waals surface area contributed by atoms with Crippen molar-refractivity contribution in [1.29, 1.82) is 0 Å². The van der Waals surface area contributed by atoms with Crippen molar-refractivity contribution >= 4 is 15.9 Å². The summed E-state index contributed by atoms with van der Waals surface area (Å²) in [7, 11) is 0. The molecule has 0 amide bonds. The van der Waals surface area contributed by atoms with Crippen LogP contribution in [0.25, 0.3) is 0 Å². The number of rotatable bonds is 3. The van der Waals surface area contributed by atoms with E-state index in [-0.39, 0.29) is 5.43 Å². The Morgan fingerprint density at radius 2 is 1.83 bits per heavy atom. The second kappa shape index (κ2) is 5.83. The van der Waals surface area contributed by atoms with Gasteiger partial charge in [-0.05, 0) is 46.1 Å². The van der Waals surface area contributed by atoms with Gasteiger partial charge < -0.3 is 4.74 Å². The van der Waals surface area contributed by atoms with E-state index < -0.39 is 0 Å². The van der Waals surface area contributed by atoms with Crippen LogP contribution in [-0.4, -0.2) is 0 Å². The lowest BCUT2D eigenvalue weighted by Gasteiger charge is -2.03. The minimum absolute atomic E-state index is 0.126. The van der Waals surface area contributed by atoms with Crippen LogP contribution in [0.3, 0.4) is 0 Å². The summed E-state index contributed by atoms with van der Waals surface area (Å²) in [5.74, 6) is 0.360. The second-order valence-electron chi connectivity index (χ2n) is 4.04. The molecule has 0 spiro atoms. The van der Waals surface area contributed by atoms with Gasteiger partial charge in [0.1, 0.15) is 6.61 Å². The summed E-state index contributed by atoms with van der Waals surface area (Å²) in [6.45, 7) is 2.33. The van der Waals surface area contributed by atoms with Crippen LogP contribution in [0.1, 0.15) is 11.1 Å². The molecule has 18 heavy (non-hydrogen) atoms. The van der Waals surface area contributed by atoms with E-state index in [9.17, 15) is 4.79 Å². The first-order valence-electron chi connectivity index (χ1n) is 5.64. The Balaban J connectivity index is 2.23. The van der Waals surface area contributed by atoms with Gasteiger partial charge in [0.25, 0.3) is 0 Å². The first kappa shape index (κ1) is 12.8. The maximum atomic E-state index is 12.0. The van der Waals surface area contributed by atoms with Crippen molar-refractivity contribution in [2.45, 2.75) is 13.5 Å². The molecule has 0 saturated heterocycles. The van der Waals surface area contributed by atoms with Gasteiger partial charge in [0.2, 0.25) is 5.43 Å². The predicted octanol–water partition coefficient (Wildman–Crippen LogP) is 3.70. The lowest BCUT2D eigenvalue weighted by atomic mass is 10.2. The van der Waals surface area contributed by atoms with Crippen LogP contribution >= 0.6 is 15.9 Å². The van der Waals surface area contributed by atoms with Crippen molar-refractivity contribution in [2.75, 3.05) is 0 Å². The van der Waals surface area contributed by atoms with Gasteiger partial charge in [0.15, 0.2) is 5.75 Å². The molecule has 2 rings (SSSR count). The third-order valence-electron chi connectivity index (χ3n) is 2.53. The quantitative estimate of drug-likeness (QED) is 0.864. The zero-order valence-electron chi connectivity index (χ0n) is 10.0. The monoisotopic (exact) mass is 304 g/mol. The van der Waals surface area contributed by atoms with E-state index in [0.29, 0.717) is 16.8 Å². The predicted molar refractivity (Wildman–Crippen MR) is 75.9 cm³/mol. The summed E-state index contributed by atoms with van der Waals surface area (Å²) in [5, 5.41) is 0. The van der Waals surface area contributed by atoms with E-state index in [1.165, 1.54) is 0 Å². The molecule has 3 heteroatoms.